The van der Waals surface area contributed by atoms with Crippen LogP contribution in [0.4, 0.5) is 5.69 Å². The summed E-state index contributed by atoms with van der Waals surface area (Å²) in [6.07, 6.45) is 4.01. The lowest BCUT2D eigenvalue weighted by Gasteiger charge is -2.31. The van der Waals surface area contributed by atoms with Crippen LogP contribution in [0, 0.1) is 5.92 Å². The highest BCUT2D eigenvalue weighted by atomic mass is 16.6. The van der Waals surface area contributed by atoms with Gasteiger partial charge in [-0.2, -0.15) is 0 Å². The first kappa shape index (κ1) is 14.2. The van der Waals surface area contributed by atoms with Crippen LogP contribution in [0.5, 0.6) is 0 Å². The molecule has 1 aromatic carbocycles. The van der Waals surface area contributed by atoms with Crippen molar-refractivity contribution in [1.82, 2.24) is 0 Å². The molecular formula is C16H23N3O2. The van der Waals surface area contributed by atoms with Crippen LogP contribution >= 0.6 is 0 Å². The lowest BCUT2D eigenvalue weighted by atomic mass is 10.1. The van der Waals surface area contributed by atoms with Crippen LogP contribution in [-0.2, 0) is 4.84 Å². The molecule has 0 unspecified atom stereocenters. The third-order valence-electron chi connectivity index (χ3n) is 4.16. The van der Waals surface area contributed by atoms with Crippen LogP contribution in [0.3, 0.4) is 0 Å². The highest BCUT2D eigenvalue weighted by Crippen LogP contribution is 2.28. The molecule has 3 rings (SSSR count). The molecular weight excluding hydrogens is 266 g/mol. The maximum atomic E-state index is 9.54. The molecule has 0 amide bonds. The summed E-state index contributed by atoms with van der Waals surface area (Å²) in [5.74, 6) is 1.11. The smallest absolute Gasteiger partial charge is 0.170 e. The summed E-state index contributed by atoms with van der Waals surface area (Å²) in [7, 11) is 0. The molecule has 1 heterocycles. The van der Waals surface area contributed by atoms with E-state index in [0.717, 1.165) is 37.2 Å². The largest absolute Gasteiger partial charge is 0.394 e. The van der Waals surface area contributed by atoms with E-state index in [2.05, 4.69) is 22.2 Å². The Morgan fingerprint density at radius 3 is 2.48 bits per heavy atom. The van der Waals surface area contributed by atoms with Gasteiger partial charge in [0.2, 0.25) is 0 Å². The third-order valence-corrected chi connectivity index (χ3v) is 4.16. The van der Waals surface area contributed by atoms with Crippen molar-refractivity contribution in [1.29, 1.82) is 0 Å². The van der Waals surface area contributed by atoms with Gasteiger partial charge in [-0.1, -0.05) is 5.16 Å². The minimum absolute atomic E-state index is 0.146. The first-order valence-electron chi connectivity index (χ1n) is 7.71. The second-order valence-corrected chi connectivity index (χ2v) is 5.98. The number of aliphatic hydroxyl groups is 1. The minimum Gasteiger partial charge on any atom is -0.394 e. The summed E-state index contributed by atoms with van der Waals surface area (Å²) in [6, 6.07) is 8.05. The molecule has 2 fully saturated rings. The van der Waals surface area contributed by atoms with Crippen molar-refractivity contribution < 1.29 is 9.94 Å². The number of aliphatic hydroxyl groups excluding tert-OH is 1. The van der Waals surface area contributed by atoms with E-state index in [4.69, 9.17) is 10.6 Å². The van der Waals surface area contributed by atoms with Gasteiger partial charge in [-0.15, -0.1) is 0 Å². The second kappa shape index (κ2) is 6.35. The normalized spacial score (nSPS) is 20.6. The Hall–Kier alpha value is -1.75. The molecule has 0 atom stereocenters. The molecule has 0 bridgehead atoms. The van der Waals surface area contributed by atoms with Crippen molar-refractivity contribution in [2.24, 2.45) is 16.8 Å². The fourth-order valence-corrected chi connectivity index (χ4v) is 2.52. The van der Waals surface area contributed by atoms with Crippen molar-refractivity contribution in [2.45, 2.75) is 31.8 Å². The van der Waals surface area contributed by atoms with Gasteiger partial charge in [0, 0.05) is 24.3 Å². The van der Waals surface area contributed by atoms with E-state index in [1.807, 2.05) is 12.1 Å². The van der Waals surface area contributed by atoms with Crippen LogP contribution in [0.2, 0.25) is 0 Å². The van der Waals surface area contributed by atoms with E-state index in [-0.39, 0.29) is 6.10 Å². The number of amidine groups is 1. The Bertz CT molecular complexity index is 489. The zero-order valence-electron chi connectivity index (χ0n) is 12.2. The number of hydrogen-bond donors (Lipinski definition) is 2. The molecule has 0 aromatic heterocycles. The van der Waals surface area contributed by atoms with Gasteiger partial charge < -0.3 is 20.6 Å². The molecule has 1 saturated heterocycles. The molecule has 0 radical (unpaired) electrons. The average Bonchev–Trinajstić information content (AvgIpc) is 3.32. The molecule has 1 saturated carbocycles. The highest BCUT2D eigenvalue weighted by Gasteiger charge is 2.22. The molecule has 2 aliphatic rings. The summed E-state index contributed by atoms with van der Waals surface area (Å²) in [4.78, 5) is 7.54. The summed E-state index contributed by atoms with van der Waals surface area (Å²) in [5, 5.41) is 13.5. The van der Waals surface area contributed by atoms with E-state index >= 15 is 0 Å². The Morgan fingerprint density at radius 2 is 1.86 bits per heavy atom. The quantitative estimate of drug-likeness (QED) is 0.491. The number of nitrogens with zero attached hydrogens (tertiary/aromatic N) is 2. The van der Waals surface area contributed by atoms with E-state index in [1.54, 1.807) is 0 Å². The van der Waals surface area contributed by atoms with Crippen LogP contribution in [0.25, 0.3) is 0 Å². The summed E-state index contributed by atoms with van der Waals surface area (Å²) < 4.78 is 0. The standard InChI is InChI=1S/C16H23N3O2/c17-16(18-21-11-12-1-2-12)13-3-5-14(6-4-13)19-9-7-15(20)8-10-19/h3-6,12,15,20H,1-2,7-11H2,(H2,17,18). The fraction of sp³-hybridized carbons (Fsp3) is 0.562. The molecule has 0 spiro atoms. The number of nitrogens with two attached hydrogens (primary N) is 1. The highest BCUT2D eigenvalue weighted by molar-refractivity contribution is 5.97. The first-order chi connectivity index (χ1) is 10.2. The SMILES string of the molecule is N/C(=N/OCC1CC1)c1ccc(N2CCC(O)CC2)cc1. The maximum Gasteiger partial charge on any atom is 0.170 e. The van der Waals surface area contributed by atoms with Crippen molar-refractivity contribution in [2.75, 3.05) is 24.6 Å². The Morgan fingerprint density at radius 1 is 1.19 bits per heavy atom. The Kier molecular flexibility index (Phi) is 4.29. The zero-order valence-corrected chi connectivity index (χ0v) is 12.2. The van der Waals surface area contributed by atoms with Gasteiger partial charge in [-0.3, -0.25) is 0 Å². The van der Waals surface area contributed by atoms with E-state index in [0.29, 0.717) is 18.4 Å². The monoisotopic (exact) mass is 289 g/mol. The number of rotatable bonds is 5. The van der Waals surface area contributed by atoms with Gasteiger partial charge >= 0.3 is 0 Å². The fourth-order valence-electron chi connectivity index (χ4n) is 2.52. The van der Waals surface area contributed by atoms with E-state index in [9.17, 15) is 5.11 Å². The summed E-state index contributed by atoms with van der Waals surface area (Å²) in [6.45, 7) is 2.47. The third kappa shape index (κ3) is 3.88. The number of piperidine rings is 1. The molecule has 1 aromatic rings. The van der Waals surface area contributed by atoms with Crippen molar-refractivity contribution in [3.05, 3.63) is 29.8 Å². The van der Waals surface area contributed by atoms with Gasteiger partial charge in [-0.05, 0) is 55.9 Å². The first-order valence-corrected chi connectivity index (χ1v) is 7.71. The molecule has 21 heavy (non-hydrogen) atoms. The summed E-state index contributed by atoms with van der Waals surface area (Å²) >= 11 is 0. The minimum atomic E-state index is -0.146. The number of anilines is 1. The number of benzene rings is 1. The van der Waals surface area contributed by atoms with Crippen molar-refractivity contribution in [3.8, 4) is 0 Å². The van der Waals surface area contributed by atoms with Gasteiger partial charge in [0.1, 0.15) is 6.61 Å². The average molecular weight is 289 g/mol. The lowest BCUT2D eigenvalue weighted by molar-refractivity contribution is 0.133. The second-order valence-electron chi connectivity index (χ2n) is 5.98. The molecule has 5 nitrogen and oxygen atoms in total. The zero-order chi connectivity index (χ0) is 14.7. The topological polar surface area (TPSA) is 71.1 Å². The number of hydrogen-bond acceptors (Lipinski definition) is 4. The van der Waals surface area contributed by atoms with E-state index in [1.165, 1.54) is 12.8 Å². The van der Waals surface area contributed by atoms with Crippen LogP contribution in [0.15, 0.2) is 29.4 Å². The number of oxime groups is 1. The Labute approximate surface area is 125 Å². The molecule has 1 aliphatic heterocycles. The van der Waals surface area contributed by atoms with Gasteiger partial charge in [0.25, 0.3) is 0 Å². The Balaban J connectivity index is 1.57. The molecule has 1 aliphatic carbocycles. The molecule has 114 valence electrons. The summed E-state index contributed by atoms with van der Waals surface area (Å²) in [5.41, 5.74) is 7.97. The van der Waals surface area contributed by atoms with Crippen LogP contribution in [0.1, 0.15) is 31.2 Å². The van der Waals surface area contributed by atoms with Crippen molar-refractivity contribution >= 4 is 11.5 Å². The van der Waals surface area contributed by atoms with Gasteiger partial charge in [-0.25, -0.2) is 0 Å². The predicted octanol–water partition coefficient (Wildman–Crippen LogP) is 1.69. The van der Waals surface area contributed by atoms with Gasteiger partial charge in [0.05, 0.1) is 6.10 Å². The van der Waals surface area contributed by atoms with Crippen molar-refractivity contribution in [3.63, 3.8) is 0 Å². The van der Waals surface area contributed by atoms with Crippen LogP contribution < -0.4 is 10.6 Å². The molecule has 3 N–H and O–H groups in total. The molecule has 5 heteroatoms. The maximum absolute atomic E-state index is 9.54. The van der Waals surface area contributed by atoms with E-state index < -0.39 is 0 Å². The van der Waals surface area contributed by atoms with Crippen LogP contribution in [-0.4, -0.2) is 36.7 Å². The van der Waals surface area contributed by atoms with Gasteiger partial charge in [0.15, 0.2) is 5.84 Å². The predicted molar refractivity (Wildman–Crippen MR) is 83.3 cm³/mol. The lowest BCUT2D eigenvalue weighted by Crippen LogP contribution is -2.35.